The second kappa shape index (κ2) is 8.90. The third kappa shape index (κ3) is 6.04. The topological polar surface area (TPSA) is 75.4 Å². The number of nitro benzene ring substituents is 1. The van der Waals surface area contributed by atoms with Gasteiger partial charge in [-0.3, -0.25) is 10.1 Å². The molecule has 0 saturated carbocycles. The fraction of sp³-hybridized carbons (Fsp3) is 0.538. The maximum Gasteiger partial charge on any atom is 0.272 e. The van der Waals surface area contributed by atoms with Gasteiger partial charge in [-0.1, -0.05) is 12.1 Å². The Balaban J connectivity index is 2.30. The lowest BCUT2D eigenvalue weighted by Gasteiger charge is -2.06. The fourth-order valence-electron chi connectivity index (χ4n) is 1.61. The molecule has 0 heterocycles. The van der Waals surface area contributed by atoms with Gasteiger partial charge in [-0.05, 0) is 24.7 Å². The second-order valence-corrected chi connectivity index (χ2v) is 5.47. The van der Waals surface area contributed by atoms with E-state index in [0.717, 1.165) is 30.0 Å². The molecular formula is C13H20N2O3S. The van der Waals surface area contributed by atoms with Gasteiger partial charge in [0.1, 0.15) is 0 Å². The van der Waals surface area contributed by atoms with Crippen molar-refractivity contribution in [2.75, 3.05) is 24.7 Å². The molecular weight excluding hydrogens is 264 g/mol. The number of rotatable bonds is 9. The summed E-state index contributed by atoms with van der Waals surface area (Å²) in [6.45, 7) is 3.49. The minimum Gasteiger partial charge on any atom is -0.396 e. The number of nitro groups is 1. The Morgan fingerprint density at radius 2 is 2.21 bits per heavy atom. The van der Waals surface area contributed by atoms with Crippen molar-refractivity contribution in [3.05, 3.63) is 39.4 Å². The summed E-state index contributed by atoms with van der Waals surface area (Å²) >= 11 is 1.79. The Morgan fingerprint density at radius 1 is 1.42 bits per heavy atom. The van der Waals surface area contributed by atoms with Gasteiger partial charge < -0.3 is 10.4 Å². The molecule has 1 aromatic carbocycles. The summed E-state index contributed by atoms with van der Waals surface area (Å²) in [5.74, 6) is 1.95. The van der Waals surface area contributed by atoms with Crippen LogP contribution in [-0.4, -0.2) is 34.7 Å². The summed E-state index contributed by atoms with van der Waals surface area (Å²) in [4.78, 5) is 10.5. The van der Waals surface area contributed by atoms with Crippen molar-refractivity contribution in [1.82, 2.24) is 5.32 Å². The predicted molar refractivity (Wildman–Crippen MR) is 78.6 cm³/mol. The summed E-state index contributed by atoms with van der Waals surface area (Å²) in [6.07, 6.45) is 0.828. The second-order valence-electron chi connectivity index (χ2n) is 4.24. The Labute approximate surface area is 117 Å². The zero-order valence-corrected chi connectivity index (χ0v) is 11.9. The molecule has 0 spiro atoms. The Hall–Kier alpha value is -1.11. The number of aliphatic hydroxyl groups is 1. The molecule has 0 fully saturated rings. The standard InChI is InChI=1S/C13H20N2O3S/c1-11-3-4-12(9-13(11)15(17)18)10-14-5-8-19-7-2-6-16/h3-4,9,14,16H,2,5-8,10H2,1H3. The number of aliphatic hydroxyl groups excluding tert-OH is 1. The molecule has 0 unspecified atom stereocenters. The van der Waals surface area contributed by atoms with Crippen molar-refractivity contribution >= 4 is 17.4 Å². The highest BCUT2D eigenvalue weighted by atomic mass is 32.2. The van der Waals surface area contributed by atoms with Crippen molar-refractivity contribution in [1.29, 1.82) is 0 Å². The molecule has 0 aliphatic heterocycles. The van der Waals surface area contributed by atoms with Crippen LogP contribution >= 0.6 is 11.8 Å². The van der Waals surface area contributed by atoms with Crippen molar-refractivity contribution in [2.45, 2.75) is 19.9 Å². The van der Waals surface area contributed by atoms with Gasteiger partial charge in [0, 0.05) is 37.1 Å². The molecule has 0 aliphatic carbocycles. The Morgan fingerprint density at radius 3 is 2.89 bits per heavy atom. The van der Waals surface area contributed by atoms with Crippen LogP contribution in [0.15, 0.2) is 18.2 Å². The molecule has 106 valence electrons. The lowest BCUT2D eigenvalue weighted by molar-refractivity contribution is -0.385. The van der Waals surface area contributed by atoms with Gasteiger partial charge in [0.15, 0.2) is 0 Å². The highest BCUT2D eigenvalue weighted by molar-refractivity contribution is 7.99. The van der Waals surface area contributed by atoms with Crippen LogP contribution in [0.2, 0.25) is 0 Å². The molecule has 0 aromatic heterocycles. The first-order valence-electron chi connectivity index (χ1n) is 6.28. The summed E-state index contributed by atoms with van der Waals surface area (Å²) in [6, 6.07) is 5.32. The van der Waals surface area contributed by atoms with E-state index in [2.05, 4.69) is 5.32 Å². The molecule has 19 heavy (non-hydrogen) atoms. The third-order valence-electron chi connectivity index (χ3n) is 2.67. The van der Waals surface area contributed by atoms with E-state index in [1.54, 1.807) is 30.8 Å². The van der Waals surface area contributed by atoms with E-state index < -0.39 is 0 Å². The Bertz CT molecular complexity index is 413. The smallest absolute Gasteiger partial charge is 0.272 e. The van der Waals surface area contributed by atoms with Crippen LogP contribution in [0.1, 0.15) is 17.5 Å². The van der Waals surface area contributed by atoms with E-state index in [0.29, 0.717) is 12.1 Å². The molecule has 0 atom stereocenters. The van der Waals surface area contributed by atoms with Crippen molar-refractivity contribution < 1.29 is 10.0 Å². The number of aryl methyl sites for hydroxylation is 1. The molecule has 6 heteroatoms. The summed E-state index contributed by atoms with van der Waals surface area (Å²) < 4.78 is 0. The number of nitrogens with one attached hydrogen (secondary N) is 1. The number of hydrogen-bond acceptors (Lipinski definition) is 5. The largest absolute Gasteiger partial charge is 0.396 e. The minimum atomic E-state index is -0.344. The number of benzene rings is 1. The zero-order chi connectivity index (χ0) is 14.1. The van der Waals surface area contributed by atoms with Gasteiger partial charge in [0.05, 0.1) is 4.92 Å². The SMILES string of the molecule is Cc1ccc(CNCCSCCCO)cc1[N+](=O)[O-]. The highest BCUT2D eigenvalue weighted by Gasteiger charge is 2.10. The first-order chi connectivity index (χ1) is 9.15. The molecule has 0 aliphatic rings. The van der Waals surface area contributed by atoms with Crippen LogP contribution in [-0.2, 0) is 6.54 Å². The van der Waals surface area contributed by atoms with E-state index >= 15 is 0 Å². The molecule has 1 aromatic rings. The first kappa shape index (κ1) is 15.9. The van der Waals surface area contributed by atoms with Crippen molar-refractivity contribution in [2.24, 2.45) is 0 Å². The van der Waals surface area contributed by atoms with Gasteiger partial charge in [-0.25, -0.2) is 0 Å². The highest BCUT2D eigenvalue weighted by Crippen LogP contribution is 2.19. The van der Waals surface area contributed by atoms with Gasteiger partial charge >= 0.3 is 0 Å². The normalized spacial score (nSPS) is 10.6. The van der Waals surface area contributed by atoms with Crippen LogP contribution in [0, 0.1) is 17.0 Å². The third-order valence-corrected chi connectivity index (χ3v) is 3.74. The zero-order valence-electron chi connectivity index (χ0n) is 11.1. The molecule has 0 amide bonds. The summed E-state index contributed by atoms with van der Waals surface area (Å²) in [5, 5.41) is 22.7. The van der Waals surface area contributed by atoms with Gasteiger partial charge in [-0.2, -0.15) is 11.8 Å². The van der Waals surface area contributed by atoms with Gasteiger partial charge in [-0.15, -0.1) is 0 Å². The van der Waals surface area contributed by atoms with E-state index in [1.165, 1.54) is 0 Å². The van der Waals surface area contributed by atoms with E-state index in [9.17, 15) is 10.1 Å². The van der Waals surface area contributed by atoms with E-state index in [-0.39, 0.29) is 17.2 Å². The molecule has 0 radical (unpaired) electrons. The first-order valence-corrected chi connectivity index (χ1v) is 7.44. The fourth-order valence-corrected chi connectivity index (χ4v) is 2.43. The Kier molecular flexibility index (Phi) is 7.47. The molecule has 2 N–H and O–H groups in total. The predicted octanol–water partition coefficient (Wildman–Crippen LogP) is 2.11. The quantitative estimate of drug-likeness (QED) is 0.413. The average Bonchev–Trinajstić information content (AvgIpc) is 2.39. The summed E-state index contributed by atoms with van der Waals surface area (Å²) in [5.41, 5.74) is 1.79. The van der Waals surface area contributed by atoms with E-state index in [4.69, 9.17) is 5.11 Å². The molecule has 0 bridgehead atoms. The molecule has 5 nitrogen and oxygen atoms in total. The van der Waals surface area contributed by atoms with Crippen LogP contribution in [0.4, 0.5) is 5.69 Å². The van der Waals surface area contributed by atoms with Gasteiger partial charge in [0.2, 0.25) is 0 Å². The van der Waals surface area contributed by atoms with Gasteiger partial charge in [0.25, 0.3) is 5.69 Å². The minimum absolute atomic E-state index is 0.177. The van der Waals surface area contributed by atoms with E-state index in [1.807, 2.05) is 6.07 Å². The van der Waals surface area contributed by atoms with Crippen LogP contribution in [0.25, 0.3) is 0 Å². The number of hydrogen-bond donors (Lipinski definition) is 2. The number of nitrogens with zero attached hydrogens (tertiary/aromatic N) is 1. The molecule has 0 saturated heterocycles. The molecule has 1 rings (SSSR count). The van der Waals surface area contributed by atoms with Crippen molar-refractivity contribution in [3.63, 3.8) is 0 Å². The maximum atomic E-state index is 10.8. The lowest BCUT2D eigenvalue weighted by Crippen LogP contribution is -2.16. The van der Waals surface area contributed by atoms with Crippen LogP contribution in [0.5, 0.6) is 0 Å². The summed E-state index contributed by atoms with van der Waals surface area (Å²) in [7, 11) is 0. The van der Waals surface area contributed by atoms with Crippen LogP contribution < -0.4 is 5.32 Å². The maximum absolute atomic E-state index is 10.8. The van der Waals surface area contributed by atoms with Crippen LogP contribution in [0.3, 0.4) is 0 Å². The monoisotopic (exact) mass is 284 g/mol. The lowest BCUT2D eigenvalue weighted by atomic mass is 10.1. The number of thioether (sulfide) groups is 1. The average molecular weight is 284 g/mol. The van der Waals surface area contributed by atoms with Crippen molar-refractivity contribution in [3.8, 4) is 0 Å².